The van der Waals surface area contributed by atoms with Gasteiger partial charge in [0.25, 0.3) is 15.3 Å². The lowest BCUT2D eigenvalue weighted by Gasteiger charge is -2.24. The molecule has 346 valence electrons. The Morgan fingerprint density at radius 3 is 1.76 bits per heavy atom. The Morgan fingerprint density at radius 2 is 1.23 bits per heavy atom. The molecule has 1 saturated carbocycles. The summed E-state index contributed by atoms with van der Waals surface area (Å²) >= 11 is 0. The molecule has 62 heavy (non-hydrogen) atoms. The molecule has 0 aliphatic heterocycles. The third-order valence-electron chi connectivity index (χ3n) is 9.21. The fourth-order valence-corrected chi connectivity index (χ4v) is 6.17. The van der Waals surface area contributed by atoms with Crippen molar-refractivity contribution in [2.75, 3.05) is 46.7 Å². The van der Waals surface area contributed by atoms with Crippen LogP contribution < -0.4 is 5.32 Å². The van der Waals surface area contributed by atoms with Crippen LogP contribution in [-0.4, -0.2) is 105 Å². The Bertz CT molecular complexity index is 1580. The van der Waals surface area contributed by atoms with Crippen LogP contribution in [0.1, 0.15) is 82.6 Å². The number of benzene rings is 1. The van der Waals surface area contributed by atoms with Gasteiger partial charge in [-0.3, -0.25) is 4.79 Å². The number of aryl methyl sites for hydroxylation is 1. The van der Waals surface area contributed by atoms with Crippen LogP contribution >= 0.6 is 0 Å². The zero-order chi connectivity index (χ0) is 45.4. The number of nitrogens with one attached hydrogen (secondary N) is 1. The minimum atomic E-state index is -1.05. The lowest BCUT2D eigenvalue weighted by molar-refractivity contribution is -0.757. The SMILES string of the molecule is CNC(=O)CCCC=CC[C@@H]1[C@@H](C=C[C@H](CCc2ccccc2)OC(=O)OCCCCO[N+](=O)[O-])[C@H](OC(=O)OCCCCO[N+](=O)[O-])C[C@@H]1OC(=O)OCCCCO[N+](=O)[O-]. The average molecular weight is 885 g/mol. The van der Waals surface area contributed by atoms with E-state index in [-0.39, 0.29) is 90.5 Å². The van der Waals surface area contributed by atoms with Crippen molar-refractivity contribution in [3.63, 3.8) is 0 Å². The number of ether oxygens (including phenoxy) is 6. The molecule has 1 amide bonds. The minimum absolute atomic E-state index is 0.000519. The van der Waals surface area contributed by atoms with Crippen LogP contribution in [0.15, 0.2) is 54.6 Å². The summed E-state index contributed by atoms with van der Waals surface area (Å²) in [6.07, 6.45) is 5.36. The Balaban J connectivity index is 2.33. The lowest BCUT2D eigenvalue weighted by atomic mass is 9.89. The quantitative estimate of drug-likeness (QED) is 0.0210. The van der Waals surface area contributed by atoms with Crippen LogP contribution in [-0.2, 0) is 54.1 Å². The highest BCUT2D eigenvalue weighted by Crippen LogP contribution is 2.40. The van der Waals surface area contributed by atoms with Crippen molar-refractivity contribution >= 4 is 24.4 Å². The highest BCUT2D eigenvalue weighted by Gasteiger charge is 2.46. The van der Waals surface area contributed by atoms with E-state index >= 15 is 0 Å². The summed E-state index contributed by atoms with van der Waals surface area (Å²) in [5, 5.41) is 31.0. The molecule has 1 aromatic carbocycles. The van der Waals surface area contributed by atoms with Crippen molar-refractivity contribution in [3.8, 4) is 0 Å². The smallest absolute Gasteiger partial charge is 0.434 e. The average Bonchev–Trinajstić information content (AvgIpc) is 3.54. The highest BCUT2D eigenvalue weighted by molar-refractivity contribution is 5.75. The first-order chi connectivity index (χ1) is 29.9. The Morgan fingerprint density at radius 1 is 0.710 bits per heavy atom. The van der Waals surface area contributed by atoms with E-state index < -0.39 is 63.9 Å². The van der Waals surface area contributed by atoms with Crippen LogP contribution in [0.5, 0.6) is 0 Å². The third kappa shape index (κ3) is 24.6. The Hall–Kier alpha value is -6.42. The van der Waals surface area contributed by atoms with Crippen LogP contribution in [0.2, 0.25) is 0 Å². The molecule has 1 aliphatic rings. The monoisotopic (exact) mass is 884 g/mol. The second-order valence-electron chi connectivity index (χ2n) is 13.7. The van der Waals surface area contributed by atoms with Gasteiger partial charge in [-0.15, -0.1) is 30.3 Å². The molecule has 1 aromatic rings. The zero-order valence-electron chi connectivity index (χ0n) is 34.6. The number of allylic oxidation sites excluding steroid dienone is 2. The van der Waals surface area contributed by atoms with Crippen LogP contribution in [0, 0.1) is 42.2 Å². The molecular weight excluding hydrogens is 828 g/mol. The maximum absolute atomic E-state index is 13.0. The number of carbonyl (C=O) groups is 4. The Kier molecular flexibility index (Phi) is 26.2. The molecule has 0 radical (unpaired) electrons. The Labute approximate surface area is 357 Å². The van der Waals surface area contributed by atoms with Crippen molar-refractivity contribution < 1.29 is 77.4 Å². The van der Waals surface area contributed by atoms with Gasteiger partial charge in [0.05, 0.1) is 39.6 Å². The summed E-state index contributed by atoms with van der Waals surface area (Å²) in [7, 11) is 1.55. The summed E-state index contributed by atoms with van der Waals surface area (Å²) in [4.78, 5) is 94.5. The van der Waals surface area contributed by atoms with Gasteiger partial charge < -0.3 is 48.3 Å². The summed E-state index contributed by atoms with van der Waals surface area (Å²) in [6, 6.07) is 9.41. The van der Waals surface area contributed by atoms with E-state index in [4.69, 9.17) is 28.4 Å². The van der Waals surface area contributed by atoms with Crippen LogP contribution in [0.4, 0.5) is 14.4 Å². The maximum Gasteiger partial charge on any atom is 0.508 e. The van der Waals surface area contributed by atoms with E-state index in [1.807, 2.05) is 42.5 Å². The van der Waals surface area contributed by atoms with Gasteiger partial charge in [-0.25, -0.2) is 14.4 Å². The molecule has 0 unspecified atom stereocenters. The molecule has 0 heterocycles. The number of amides is 1. The number of hydrogen-bond acceptors (Lipinski definition) is 19. The second kappa shape index (κ2) is 31.5. The zero-order valence-corrected chi connectivity index (χ0v) is 34.6. The van der Waals surface area contributed by atoms with Gasteiger partial charge in [-0.1, -0.05) is 48.6 Å². The first kappa shape index (κ1) is 51.7. The number of unbranched alkanes of at least 4 members (excludes halogenated alkanes) is 4. The van der Waals surface area contributed by atoms with E-state index in [0.29, 0.717) is 38.5 Å². The maximum atomic E-state index is 13.0. The summed E-state index contributed by atoms with van der Waals surface area (Å²) < 4.78 is 32.9. The largest absolute Gasteiger partial charge is 0.508 e. The van der Waals surface area contributed by atoms with Gasteiger partial charge in [-0.2, -0.15) is 0 Å². The van der Waals surface area contributed by atoms with Crippen molar-refractivity contribution in [2.45, 2.75) is 102 Å². The molecule has 1 aliphatic carbocycles. The van der Waals surface area contributed by atoms with Crippen molar-refractivity contribution in [1.82, 2.24) is 5.32 Å². The summed E-state index contributed by atoms with van der Waals surface area (Å²) in [5.41, 5.74) is 0.958. The fraction of sp³-hybridized carbons (Fsp3) is 0.641. The molecule has 23 heteroatoms. The highest BCUT2D eigenvalue weighted by atomic mass is 17.0. The molecular formula is C39H56N4O19. The standard InChI is InChI=1S/C39H56N4O19/c1-40-36(44)18-8-3-2-7-17-32-33(22-21-31(20-19-30-15-5-4-6-16-30)60-37(45)54-23-9-12-26-57-41(48)49)35(62-39(47)56-25-11-14-28-59-43(52)53)29-34(32)61-38(46)55-24-10-13-27-58-42(50)51/h2,4-7,15-16,21-22,31-35H,3,8-14,17-20,23-29H2,1H3,(H,40,44)/t31-,32+,33+,34-,35+/m0/s1. The van der Waals surface area contributed by atoms with Gasteiger partial charge in [0.2, 0.25) is 5.91 Å². The molecule has 5 atom stereocenters. The van der Waals surface area contributed by atoms with Gasteiger partial charge in [0.1, 0.15) is 18.3 Å². The van der Waals surface area contributed by atoms with Gasteiger partial charge in [-0.05, 0) is 82.3 Å². The van der Waals surface area contributed by atoms with E-state index in [0.717, 1.165) is 5.56 Å². The normalized spacial score (nSPS) is 17.4. The molecule has 0 saturated heterocycles. The van der Waals surface area contributed by atoms with Gasteiger partial charge in [0.15, 0.2) is 0 Å². The predicted octanol–water partition coefficient (Wildman–Crippen LogP) is 6.21. The van der Waals surface area contributed by atoms with Crippen molar-refractivity contribution in [3.05, 3.63) is 90.5 Å². The molecule has 1 N–H and O–H groups in total. The van der Waals surface area contributed by atoms with E-state index in [1.165, 1.54) is 0 Å². The first-order valence-electron chi connectivity index (χ1n) is 20.3. The number of rotatable bonds is 32. The molecule has 0 aromatic heterocycles. The molecule has 0 bridgehead atoms. The van der Waals surface area contributed by atoms with Crippen LogP contribution in [0.3, 0.4) is 0 Å². The number of nitrogens with zero attached hydrogens (tertiary/aromatic N) is 3. The molecule has 2 rings (SSSR count). The van der Waals surface area contributed by atoms with Crippen LogP contribution in [0.25, 0.3) is 0 Å². The second-order valence-corrected chi connectivity index (χ2v) is 13.7. The lowest BCUT2D eigenvalue weighted by Crippen LogP contribution is -2.27. The molecule has 1 fully saturated rings. The first-order valence-corrected chi connectivity index (χ1v) is 20.3. The number of hydrogen-bond donors (Lipinski definition) is 1. The summed E-state index contributed by atoms with van der Waals surface area (Å²) in [5.74, 6) is -1.31. The predicted molar refractivity (Wildman–Crippen MR) is 212 cm³/mol. The number of carbonyl (C=O) groups excluding carboxylic acids is 4. The third-order valence-corrected chi connectivity index (χ3v) is 9.21. The van der Waals surface area contributed by atoms with Crippen molar-refractivity contribution in [2.24, 2.45) is 11.8 Å². The fourth-order valence-electron chi connectivity index (χ4n) is 6.17. The molecule has 0 spiro atoms. The van der Waals surface area contributed by atoms with E-state index in [2.05, 4.69) is 19.8 Å². The molecule has 23 nitrogen and oxygen atoms in total. The summed E-state index contributed by atoms with van der Waals surface area (Å²) in [6.45, 7) is -0.873. The van der Waals surface area contributed by atoms with Gasteiger partial charge in [0, 0.05) is 31.7 Å². The van der Waals surface area contributed by atoms with E-state index in [1.54, 1.807) is 19.2 Å². The topological polar surface area (TPSA) is 293 Å². The van der Waals surface area contributed by atoms with Gasteiger partial charge >= 0.3 is 18.5 Å². The van der Waals surface area contributed by atoms with Crippen molar-refractivity contribution in [1.29, 1.82) is 0 Å². The minimum Gasteiger partial charge on any atom is -0.434 e. The van der Waals surface area contributed by atoms with E-state index in [9.17, 15) is 49.5 Å².